The normalized spacial score (nSPS) is 14.5. The van der Waals surface area contributed by atoms with E-state index in [1.54, 1.807) is 18.2 Å². The van der Waals surface area contributed by atoms with Crippen molar-refractivity contribution < 1.29 is 23.2 Å². The van der Waals surface area contributed by atoms with E-state index in [0.29, 0.717) is 11.3 Å². The number of benzene rings is 3. The second-order valence-electron chi connectivity index (χ2n) is 7.35. The first-order valence-corrected chi connectivity index (χ1v) is 9.80. The van der Waals surface area contributed by atoms with Crippen LogP contribution in [0.3, 0.4) is 0 Å². The minimum Gasteiger partial charge on any atom is -0.348 e. The Balaban J connectivity index is 1.61. The van der Waals surface area contributed by atoms with E-state index in [-0.39, 0.29) is 29.1 Å². The standard InChI is InChI=1S/C25H18F2N2O3/c1-29-22-10-7-17(24(31)28-14-15-5-8-18(26)9-6-15)13-20(22)23(30)21(25(29)32)12-16-3-2-4-19(27)11-16/h2-13H,14H2,1H3,(H,28,31)/b21-12-. The molecule has 1 N–H and O–H groups in total. The lowest BCUT2D eigenvalue weighted by Crippen LogP contribution is -2.37. The van der Waals surface area contributed by atoms with Crippen LogP contribution >= 0.6 is 0 Å². The number of halogens is 2. The van der Waals surface area contributed by atoms with Crippen molar-refractivity contribution in [3.8, 4) is 0 Å². The van der Waals surface area contributed by atoms with Crippen LogP contribution < -0.4 is 10.2 Å². The summed E-state index contributed by atoms with van der Waals surface area (Å²) in [5.41, 5.74) is 1.81. The third-order valence-corrected chi connectivity index (χ3v) is 5.17. The molecule has 1 heterocycles. The van der Waals surface area contributed by atoms with Crippen molar-refractivity contribution in [1.29, 1.82) is 0 Å². The van der Waals surface area contributed by atoms with Gasteiger partial charge in [-0.3, -0.25) is 14.4 Å². The van der Waals surface area contributed by atoms with E-state index >= 15 is 0 Å². The maximum Gasteiger partial charge on any atom is 0.262 e. The summed E-state index contributed by atoms with van der Waals surface area (Å²) in [6.45, 7) is 0.188. The zero-order valence-corrected chi connectivity index (χ0v) is 17.1. The van der Waals surface area contributed by atoms with Crippen molar-refractivity contribution in [2.45, 2.75) is 6.54 Å². The molecule has 7 heteroatoms. The number of carbonyl (C=O) groups is 3. The van der Waals surface area contributed by atoms with Crippen molar-refractivity contribution in [2.24, 2.45) is 0 Å². The molecule has 0 saturated carbocycles. The van der Waals surface area contributed by atoms with E-state index < -0.39 is 23.4 Å². The summed E-state index contributed by atoms with van der Waals surface area (Å²) in [4.78, 5) is 39.7. The average Bonchev–Trinajstić information content (AvgIpc) is 2.79. The first-order valence-electron chi connectivity index (χ1n) is 9.80. The highest BCUT2D eigenvalue weighted by Crippen LogP contribution is 2.31. The van der Waals surface area contributed by atoms with Crippen LogP contribution in [0.15, 0.2) is 72.3 Å². The van der Waals surface area contributed by atoms with Crippen LogP contribution in [0.25, 0.3) is 6.08 Å². The Hall–Kier alpha value is -4.13. The summed E-state index contributed by atoms with van der Waals surface area (Å²) < 4.78 is 26.5. The average molecular weight is 432 g/mol. The Morgan fingerprint density at radius 3 is 2.44 bits per heavy atom. The van der Waals surface area contributed by atoms with E-state index in [9.17, 15) is 23.2 Å². The Kier molecular flexibility index (Phi) is 5.64. The van der Waals surface area contributed by atoms with Crippen molar-refractivity contribution in [1.82, 2.24) is 5.32 Å². The Morgan fingerprint density at radius 1 is 0.969 bits per heavy atom. The number of hydrogen-bond acceptors (Lipinski definition) is 3. The molecule has 0 aromatic heterocycles. The Morgan fingerprint density at radius 2 is 1.72 bits per heavy atom. The van der Waals surface area contributed by atoms with Gasteiger partial charge in [-0.25, -0.2) is 8.78 Å². The van der Waals surface area contributed by atoms with Crippen molar-refractivity contribution in [3.05, 3.63) is 106 Å². The van der Waals surface area contributed by atoms with Crippen LogP contribution in [-0.2, 0) is 11.3 Å². The number of ketones is 1. The molecule has 32 heavy (non-hydrogen) atoms. The van der Waals surface area contributed by atoms with Gasteiger partial charge >= 0.3 is 0 Å². The van der Waals surface area contributed by atoms with Gasteiger partial charge in [0.1, 0.15) is 11.6 Å². The number of carbonyl (C=O) groups excluding carboxylic acids is 3. The second kappa shape index (κ2) is 8.55. The van der Waals surface area contributed by atoms with Gasteiger partial charge in [0.15, 0.2) is 0 Å². The van der Waals surface area contributed by atoms with Crippen molar-refractivity contribution >= 4 is 29.4 Å². The van der Waals surface area contributed by atoms with Crippen molar-refractivity contribution in [2.75, 3.05) is 11.9 Å². The van der Waals surface area contributed by atoms with Crippen LogP contribution in [0, 0.1) is 11.6 Å². The van der Waals surface area contributed by atoms with Crippen LogP contribution in [0.2, 0.25) is 0 Å². The summed E-state index contributed by atoms with van der Waals surface area (Å²) in [6.07, 6.45) is 1.34. The zero-order valence-electron chi connectivity index (χ0n) is 17.1. The number of rotatable bonds is 4. The quantitative estimate of drug-likeness (QED) is 0.498. The molecule has 0 saturated heterocycles. The van der Waals surface area contributed by atoms with Crippen LogP contribution in [0.1, 0.15) is 31.8 Å². The SMILES string of the molecule is CN1C(=O)/C(=C\c2cccc(F)c2)C(=O)c2cc(C(=O)NCc3ccc(F)cc3)ccc21. The number of likely N-dealkylation sites (N-methyl/N-ethyl adjacent to an activating group) is 1. The molecular formula is C25H18F2N2O3. The molecular weight excluding hydrogens is 414 g/mol. The molecule has 3 aromatic carbocycles. The van der Waals surface area contributed by atoms with Crippen LogP contribution in [0.4, 0.5) is 14.5 Å². The molecule has 1 aliphatic rings. The molecule has 3 aromatic rings. The number of hydrogen-bond donors (Lipinski definition) is 1. The number of fused-ring (bicyclic) bond motifs is 1. The molecule has 160 valence electrons. The van der Waals surface area contributed by atoms with E-state index in [0.717, 1.165) is 5.56 Å². The van der Waals surface area contributed by atoms with Gasteiger partial charge in [0.2, 0.25) is 5.78 Å². The molecule has 5 nitrogen and oxygen atoms in total. The van der Waals surface area contributed by atoms with Gasteiger partial charge in [0.25, 0.3) is 11.8 Å². The first-order chi connectivity index (χ1) is 15.3. The van der Waals surface area contributed by atoms with Crippen molar-refractivity contribution in [3.63, 3.8) is 0 Å². The molecule has 0 radical (unpaired) electrons. The molecule has 1 aliphatic heterocycles. The van der Waals surface area contributed by atoms with Gasteiger partial charge in [-0.05, 0) is 59.7 Å². The van der Waals surface area contributed by atoms with Gasteiger partial charge in [-0.1, -0.05) is 24.3 Å². The number of anilines is 1. The maximum atomic E-state index is 13.5. The van der Waals surface area contributed by atoms with E-state index in [2.05, 4.69) is 5.32 Å². The molecule has 0 bridgehead atoms. The molecule has 2 amide bonds. The number of nitrogens with one attached hydrogen (secondary N) is 1. The van der Waals surface area contributed by atoms with Gasteiger partial charge in [-0.2, -0.15) is 0 Å². The Labute approximate surface area is 183 Å². The number of Topliss-reactive ketones (excluding diaryl/α,β-unsaturated/α-hetero) is 1. The number of amides is 2. The smallest absolute Gasteiger partial charge is 0.262 e. The highest BCUT2D eigenvalue weighted by atomic mass is 19.1. The molecule has 0 fully saturated rings. The summed E-state index contributed by atoms with van der Waals surface area (Å²) in [7, 11) is 1.53. The monoisotopic (exact) mass is 432 g/mol. The third kappa shape index (κ3) is 4.18. The van der Waals surface area contributed by atoms with Crippen LogP contribution in [-0.4, -0.2) is 24.6 Å². The van der Waals surface area contributed by atoms with Gasteiger partial charge < -0.3 is 10.2 Å². The third-order valence-electron chi connectivity index (χ3n) is 5.17. The van der Waals surface area contributed by atoms with E-state index in [4.69, 9.17) is 0 Å². The second-order valence-corrected chi connectivity index (χ2v) is 7.35. The molecule has 0 spiro atoms. The summed E-state index contributed by atoms with van der Waals surface area (Å²) in [6, 6.07) is 15.8. The zero-order chi connectivity index (χ0) is 22.8. The first kappa shape index (κ1) is 21.1. The fraction of sp³-hybridized carbons (Fsp3) is 0.0800. The molecule has 0 aliphatic carbocycles. The fourth-order valence-corrected chi connectivity index (χ4v) is 3.46. The topological polar surface area (TPSA) is 66.5 Å². The lowest BCUT2D eigenvalue weighted by Gasteiger charge is -2.27. The predicted octanol–water partition coefficient (Wildman–Crippen LogP) is 4.14. The molecule has 4 rings (SSSR count). The fourth-order valence-electron chi connectivity index (χ4n) is 3.46. The van der Waals surface area contributed by atoms with Gasteiger partial charge in [0.05, 0.1) is 11.3 Å². The minimum atomic E-state index is -0.541. The Bertz CT molecular complexity index is 1270. The predicted molar refractivity (Wildman–Crippen MR) is 116 cm³/mol. The lowest BCUT2D eigenvalue weighted by atomic mass is 9.92. The molecule has 0 atom stereocenters. The van der Waals surface area contributed by atoms with E-state index in [1.807, 2.05) is 0 Å². The minimum absolute atomic E-state index is 0.116. The highest BCUT2D eigenvalue weighted by Gasteiger charge is 2.33. The van der Waals surface area contributed by atoms with Gasteiger partial charge in [0, 0.05) is 24.7 Å². The van der Waals surface area contributed by atoms with Gasteiger partial charge in [-0.15, -0.1) is 0 Å². The van der Waals surface area contributed by atoms with Crippen LogP contribution in [0.5, 0.6) is 0 Å². The summed E-state index contributed by atoms with van der Waals surface area (Å²) >= 11 is 0. The summed E-state index contributed by atoms with van der Waals surface area (Å²) in [5.74, 6) is -2.32. The van der Waals surface area contributed by atoms with E-state index in [1.165, 1.54) is 66.6 Å². The molecule has 0 unspecified atom stereocenters. The summed E-state index contributed by atoms with van der Waals surface area (Å²) in [5, 5.41) is 2.72. The number of nitrogens with zero attached hydrogens (tertiary/aromatic N) is 1. The maximum absolute atomic E-state index is 13.5. The lowest BCUT2D eigenvalue weighted by molar-refractivity contribution is -0.114. The highest BCUT2D eigenvalue weighted by molar-refractivity contribution is 6.36. The largest absolute Gasteiger partial charge is 0.348 e.